The second-order valence-corrected chi connectivity index (χ2v) is 4.52. The Bertz CT molecular complexity index is 561. The SMILES string of the molecule is CCC1(c2nc(F)c3cnc(Cl)nn23)CC1. The van der Waals surface area contributed by atoms with Gasteiger partial charge in [-0.1, -0.05) is 6.92 Å². The zero-order valence-corrected chi connectivity index (χ0v) is 9.50. The average molecular weight is 241 g/mol. The van der Waals surface area contributed by atoms with Gasteiger partial charge in [-0.3, -0.25) is 0 Å². The largest absolute Gasteiger partial charge is 0.242 e. The van der Waals surface area contributed by atoms with Gasteiger partial charge in [0.2, 0.25) is 11.2 Å². The molecule has 2 heterocycles. The molecule has 0 bridgehead atoms. The van der Waals surface area contributed by atoms with Gasteiger partial charge in [-0.05, 0) is 30.9 Å². The summed E-state index contributed by atoms with van der Waals surface area (Å²) in [6.07, 6.45) is 4.37. The fraction of sp³-hybridized carbons (Fsp3) is 0.500. The van der Waals surface area contributed by atoms with Crippen LogP contribution in [-0.2, 0) is 5.41 Å². The van der Waals surface area contributed by atoms with E-state index >= 15 is 0 Å². The van der Waals surface area contributed by atoms with Crippen molar-refractivity contribution in [3.05, 3.63) is 23.3 Å². The van der Waals surface area contributed by atoms with E-state index in [0.29, 0.717) is 11.3 Å². The second kappa shape index (κ2) is 3.13. The Labute approximate surface area is 96.5 Å². The normalized spacial score (nSPS) is 17.9. The minimum Gasteiger partial charge on any atom is -0.223 e. The van der Waals surface area contributed by atoms with Crippen molar-refractivity contribution < 1.29 is 4.39 Å². The lowest BCUT2D eigenvalue weighted by Crippen LogP contribution is -2.12. The molecule has 0 aliphatic heterocycles. The van der Waals surface area contributed by atoms with E-state index in [0.717, 1.165) is 19.3 Å². The van der Waals surface area contributed by atoms with E-state index in [2.05, 4.69) is 22.0 Å². The number of imidazole rings is 1. The van der Waals surface area contributed by atoms with Crippen LogP contribution in [-0.4, -0.2) is 19.6 Å². The standard InChI is InChI=1S/C10H10ClFN4/c1-2-10(3-4-10)8-14-7(12)6-5-13-9(11)15-16(6)8/h5H,2-4H2,1H3. The van der Waals surface area contributed by atoms with Crippen LogP contribution in [0.5, 0.6) is 0 Å². The molecule has 0 unspecified atom stereocenters. The third-order valence-electron chi connectivity index (χ3n) is 3.32. The Hall–Kier alpha value is -1.23. The lowest BCUT2D eigenvalue weighted by Gasteiger charge is -2.09. The predicted molar refractivity (Wildman–Crippen MR) is 57.0 cm³/mol. The molecule has 0 N–H and O–H groups in total. The first kappa shape index (κ1) is 9.96. The molecule has 0 spiro atoms. The van der Waals surface area contributed by atoms with Crippen molar-refractivity contribution in [2.75, 3.05) is 0 Å². The van der Waals surface area contributed by atoms with Crippen molar-refractivity contribution in [1.29, 1.82) is 0 Å². The molecule has 1 aliphatic carbocycles. The molecule has 2 aromatic rings. The molecule has 1 aliphatic rings. The van der Waals surface area contributed by atoms with Crippen molar-refractivity contribution in [3.63, 3.8) is 0 Å². The summed E-state index contributed by atoms with van der Waals surface area (Å²) >= 11 is 5.72. The summed E-state index contributed by atoms with van der Waals surface area (Å²) in [5.41, 5.74) is 0.282. The average Bonchev–Trinajstić information content (AvgIpc) is 3.00. The minimum atomic E-state index is -0.522. The summed E-state index contributed by atoms with van der Waals surface area (Å²) < 4.78 is 15.1. The molecule has 1 fully saturated rings. The highest BCUT2D eigenvalue weighted by molar-refractivity contribution is 6.28. The van der Waals surface area contributed by atoms with Gasteiger partial charge < -0.3 is 0 Å². The number of hydrogen-bond acceptors (Lipinski definition) is 3. The second-order valence-electron chi connectivity index (χ2n) is 4.18. The highest BCUT2D eigenvalue weighted by atomic mass is 35.5. The zero-order valence-electron chi connectivity index (χ0n) is 8.74. The number of rotatable bonds is 2. The van der Waals surface area contributed by atoms with Gasteiger partial charge >= 0.3 is 0 Å². The van der Waals surface area contributed by atoms with E-state index in [1.54, 1.807) is 0 Å². The van der Waals surface area contributed by atoms with Gasteiger partial charge in [0.15, 0.2) is 0 Å². The molecule has 84 valence electrons. The Morgan fingerprint density at radius 3 is 2.94 bits per heavy atom. The van der Waals surface area contributed by atoms with E-state index in [-0.39, 0.29) is 10.7 Å². The van der Waals surface area contributed by atoms with Gasteiger partial charge in [-0.15, -0.1) is 5.10 Å². The van der Waals surface area contributed by atoms with Crippen molar-refractivity contribution in [2.45, 2.75) is 31.6 Å². The van der Waals surface area contributed by atoms with Crippen molar-refractivity contribution in [1.82, 2.24) is 19.6 Å². The van der Waals surface area contributed by atoms with E-state index in [1.807, 2.05) is 0 Å². The molecular weight excluding hydrogens is 231 g/mol. The van der Waals surface area contributed by atoms with E-state index < -0.39 is 5.95 Å². The maximum absolute atomic E-state index is 13.6. The van der Waals surface area contributed by atoms with Gasteiger partial charge in [-0.2, -0.15) is 4.39 Å². The molecule has 0 aromatic carbocycles. The van der Waals surface area contributed by atoms with E-state index in [9.17, 15) is 4.39 Å². The monoisotopic (exact) mass is 240 g/mol. The van der Waals surface area contributed by atoms with Crippen LogP contribution in [0.2, 0.25) is 5.28 Å². The molecular formula is C10H10ClFN4. The topological polar surface area (TPSA) is 43.1 Å². The maximum Gasteiger partial charge on any atom is 0.242 e. The van der Waals surface area contributed by atoms with Crippen LogP contribution < -0.4 is 0 Å². The van der Waals surface area contributed by atoms with Crippen molar-refractivity contribution in [2.24, 2.45) is 0 Å². The van der Waals surface area contributed by atoms with Gasteiger partial charge in [0.25, 0.3) is 0 Å². The number of hydrogen-bond donors (Lipinski definition) is 0. The first-order valence-electron chi connectivity index (χ1n) is 5.23. The molecule has 3 rings (SSSR count). The van der Waals surface area contributed by atoms with E-state index in [1.165, 1.54) is 10.7 Å². The number of fused-ring (bicyclic) bond motifs is 1. The molecule has 0 saturated heterocycles. The lowest BCUT2D eigenvalue weighted by atomic mass is 10.0. The molecule has 16 heavy (non-hydrogen) atoms. The first-order valence-corrected chi connectivity index (χ1v) is 5.61. The highest BCUT2D eigenvalue weighted by Gasteiger charge is 2.47. The molecule has 0 amide bonds. The fourth-order valence-corrected chi connectivity index (χ4v) is 2.18. The quantitative estimate of drug-likeness (QED) is 0.809. The summed E-state index contributed by atoms with van der Waals surface area (Å²) in [6.45, 7) is 2.08. The lowest BCUT2D eigenvalue weighted by molar-refractivity contribution is 0.563. The molecule has 2 aromatic heterocycles. The van der Waals surface area contributed by atoms with Gasteiger partial charge in [-0.25, -0.2) is 14.5 Å². The van der Waals surface area contributed by atoms with Crippen molar-refractivity contribution >= 4 is 17.1 Å². The van der Waals surface area contributed by atoms with Crippen LogP contribution in [0.1, 0.15) is 32.0 Å². The van der Waals surface area contributed by atoms with Crippen LogP contribution in [0.25, 0.3) is 5.52 Å². The Morgan fingerprint density at radius 2 is 2.31 bits per heavy atom. The summed E-state index contributed by atoms with van der Waals surface area (Å²) in [5.74, 6) is 0.151. The molecule has 1 saturated carbocycles. The van der Waals surface area contributed by atoms with Gasteiger partial charge in [0.1, 0.15) is 11.3 Å². The van der Waals surface area contributed by atoms with Crippen molar-refractivity contribution in [3.8, 4) is 0 Å². The summed E-state index contributed by atoms with van der Waals surface area (Å²) in [6, 6.07) is 0. The molecule has 0 radical (unpaired) electrons. The predicted octanol–water partition coefficient (Wildman–Crippen LogP) is 2.36. The van der Waals surface area contributed by atoms with Crippen LogP contribution in [0.4, 0.5) is 4.39 Å². The Kier molecular flexibility index (Phi) is 1.95. The molecule has 0 atom stereocenters. The minimum absolute atomic E-state index is 0.00899. The van der Waals surface area contributed by atoms with Crippen LogP contribution in [0.3, 0.4) is 0 Å². The van der Waals surface area contributed by atoms with E-state index in [4.69, 9.17) is 11.6 Å². The first-order chi connectivity index (χ1) is 7.66. The zero-order chi connectivity index (χ0) is 11.3. The number of nitrogens with zero attached hydrogens (tertiary/aromatic N) is 4. The van der Waals surface area contributed by atoms with Crippen LogP contribution in [0, 0.1) is 5.95 Å². The number of halogens is 2. The third-order valence-corrected chi connectivity index (χ3v) is 3.50. The molecule has 6 heteroatoms. The third kappa shape index (κ3) is 1.24. The summed E-state index contributed by atoms with van der Waals surface area (Å²) in [7, 11) is 0. The van der Waals surface area contributed by atoms with Gasteiger partial charge in [0, 0.05) is 5.41 Å². The Morgan fingerprint density at radius 1 is 1.56 bits per heavy atom. The summed E-state index contributed by atoms with van der Waals surface area (Å²) in [4.78, 5) is 7.73. The summed E-state index contributed by atoms with van der Waals surface area (Å²) in [5, 5.41) is 4.13. The van der Waals surface area contributed by atoms with Crippen LogP contribution in [0.15, 0.2) is 6.20 Å². The maximum atomic E-state index is 13.6. The number of aromatic nitrogens is 4. The molecule has 4 nitrogen and oxygen atoms in total. The van der Waals surface area contributed by atoms with Gasteiger partial charge in [0.05, 0.1) is 6.20 Å². The Balaban J connectivity index is 2.29. The van der Waals surface area contributed by atoms with Crippen LogP contribution >= 0.6 is 11.6 Å². The highest BCUT2D eigenvalue weighted by Crippen LogP contribution is 2.50. The smallest absolute Gasteiger partial charge is 0.223 e. The fourth-order valence-electron chi connectivity index (χ4n) is 2.06.